The van der Waals surface area contributed by atoms with Gasteiger partial charge in [-0.25, -0.2) is 4.79 Å². The van der Waals surface area contributed by atoms with Crippen molar-refractivity contribution in [2.24, 2.45) is 5.92 Å². The molecule has 37 heavy (non-hydrogen) atoms. The first kappa shape index (κ1) is 24.2. The summed E-state index contributed by atoms with van der Waals surface area (Å²) in [7, 11) is 1.18. The molecule has 10 nitrogen and oxygen atoms in total. The van der Waals surface area contributed by atoms with Crippen LogP contribution in [0.2, 0.25) is 0 Å². The number of fused-ring (bicyclic) bond motifs is 4. The van der Waals surface area contributed by atoms with E-state index in [4.69, 9.17) is 14.2 Å². The first-order valence-electron chi connectivity index (χ1n) is 12.5. The maximum Gasteiger partial charge on any atom is 0.510 e. The Morgan fingerprint density at radius 2 is 2.05 bits per heavy atom. The van der Waals surface area contributed by atoms with Gasteiger partial charge in [-0.05, 0) is 29.9 Å². The van der Waals surface area contributed by atoms with Crippen molar-refractivity contribution in [3.8, 4) is 5.75 Å². The molecule has 0 bridgehead atoms. The lowest BCUT2D eigenvalue weighted by Crippen LogP contribution is -2.67. The number of carbonyl (C=O) groups excluding carboxylic acids is 2. The Balaban J connectivity index is 1.50. The van der Waals surface area contributed by atoms with Gasteiger partial charge in [0.1, 0.15) is 6.17 Å². The fourth-order valence-corrected chi connectivity index (χ4v) is 7.64. The molecule has 4 aliphatic rings. The number of thioether (sulfide) groups is 1. The third-order valence-electron chi connectivity index (χ3n) is 7.72. The second-order valence-corrected chi connectivity index (χ2v) is 10.8. The minimum absolute atomic E-state index is 0.0265. The van der Waals surface area contributed by atoms with Gasteiger partial charge in [-0.2, -0.15) is 11.8 Å². The van der Waals surface area contributed by atoms with Gasteiger partial charge in [0.05, 0.1) is 26.4 Å². The topological polar surface area (TPSA) is 99.5 Å². The number of hydrogen-bond donors (Lipinski definition) is 0. The normalized spacial score (nSPS) is 26.4. The number of ether oxygens (including phenoxy) is 4. The van der Waals surface area contributed by atoms with Crippen LogP contribution in [0.5, 0.6) is 5.75 Å². The zero-order chi connectivity index (χ0) is 25.5. The highest BCUT2D eigenvalue weighted by molar-refractivity contribution is 7.99. The molecule has 1 aromatic carbocycles. The molecule has 3 aliphatic heterocycles. The molecular formula is C26H29N3O7S. The van der Waals surface area contributed by atoms with Crippen molar-refractivity contribution in [1.82, 2.24) is 9.58 Å². The predicted octanol–water partition coefficient (Wildman–Crippen LogP) is 2.87. The summed E-state index contributed by atoms with van der Waals surface area (Å²) in [6, 6.07) is 9.88. The summed E-state index contributed by atoms with van der Waals surface area (Å²) in [5.41, 5.74) is 2.20. The Labute approximate surface area is 218 Å². The highest BCUT2D eigenvalue weighted by Crippen LogP contribution is 2.50. The Kier molecular flexibility index (Phi) is 6.49. The van der Waals surface area contributed by atoms with Crippen molar-refractivity contribution < 1.29 is 28.5 Å². The van der Waals surface area contributed by atoms with Crippen molar-refractivity contribution in [3.05, 3.63) is 63.6 Å². The van der Waals surface area contributed by atoms with E-state index in [9.17, 15) is 14.4 Å². The SMILES string of the molecule is COC(=O)OCOc1c2n(ccc1=O)N(C1c3ccccc3CSC3CCCC31)C1COCCN1C2=O. The van der Waals surface area contributed by atoms with Crippen LogP contribution in [0.4, 0.5) is 4.79 Å². The summed E-state index contributed by atoms with van der Waals surface area (Å²) >= 11 is 2.02. The second-order valence-electron chi connectivity index (χ2n) is 9.58. The fraction of sp³-hybridized carbons (Fsp3) is 0.500. The van der Waals surface area contributed by atoms with E-state index in [1.54, 1.807) is 15.8 Å². The highest BCUT2D eigenvalue weighted by Gasteiger charge is 2.49. The molecule has 0 radical (unpaired) electrons. The van der Waals surface area contributed by atoms with E-state index < -0.39 is 18.4 Å². The van der Waals surface area contributed by atoms with Gasteiger partial charge in [-0.3, -0.25) is 19.3 Å². The number of methoxy groups -OCH3 is 1. The lowest BCUT2D eigenvalue weighted by Gasteiger charge is -2.52. The number of nitrogens with zero attached hydrogens (tertiary/aromatic N) is 3. The zero-order valence-corrected chi connectivity index (χ0v) is 21.4. The van der Waals surface area contributed by atoms with E-state index in [0.29, 0.717) is 30.9 Å². The number of carbonyl (C=O) groups is 2. The summed E-state index contributed by atoms with van der Waals surface area (Å²) in [6.45, 7) is 0.630. The number of benzene rings is 1. The molecular weight excluding hydrogens is 498 g/mol. The van der Waals surface area contributed by atoms with Crippen LogP contribution in [0.3, 0.4) is 0 Å². The van der Waals surface area contributed by atoms with Crippen LogP contribution in [0.15, 0.2) is 41.3 Å². The first-order chi connectivity index (χ1) is 18.1. The second kappa shape index (κ2) is 9.94. The number of morpholine rings is 1. The minimum Gasteiger partial charge on any atom is -0.451 e. The highest BCUT2D eigenvalue weighted by atomic mass is 32.2. The predicted molar refractivity (Wildman–Crippen MR) is 135 cm³/mol. The molecule has 11 heteroatoms. The van der Waals surface area contributed by atoms with E-state index >= 15 is 0 Å². The Morgan fingerprint density at radius 1 is 1.19 bits per heavy atom. The minimum atomic E-state index is -0.939. The van der Waals surface area contributed by atoms with Crippen molar-refractivity contribution in [2.45, 2.75) is 42.5 Å². The van der Waals surface area contributed by atoms with Crippen LogP contribution in [0.25, 0.3) is 0 Å². The maximum absolute atomic E-state index is 13.8. The summed E-state index contributed by atoms with van der Waals surface area (Å²) in [5, 5.41) is 2.72. The number of pyridine rings is 1. The van der Waals surface area contributed by atoms with Gasteiger partial charge in [0, 0.05) is 29.8 Å². The molecule has 2 aromatic rings. The maximum atomic E-state index is 13.8. The third kappa shape index (κ3) is 4.14. The van der Waals surface area contributed by atoms with Crippen LogP contribution in [-0.4, -0.2) is 66.7 Å². The lowest BCUT2D eigenvalue weighted by atomic mass is 9.88. The lowest BCUT2D eigenvalue weighted by molar-refractivity contribution is -0.0243. The van der Waals surface area contributed by atoms with Gasteiger partial charge >= 0.3 is 6.16 Å². The van der Waals surface area contributed by atoms with Crippen LogP contribution in [0, 0.1) is 5.92 Å². The Hall–Kier alpha value is -3.18. The van der Waals surface area contributed by atoms with Gasteiger partial charge in [-0.1, -0.05) is 30.7 Å². The van der Waals surface area contributed by atoms with Gasteiger partial charge < -0.3 is 23.8 Å². The molecule has 1 amide bonds. The molecule has 0 N–H and O–H groups in total. The average Bonchev–Trinajstić information content (AvgIpc) is 3.33. The third-order valence-corrected chi connectivity index (χ3v) is 9.21. The van der Waals surface area contributed by atoms with Crippen LogP contribution < -0.4 is 15.2 Å². The van der Waals surface area contributed by atoms with Gasteiger partial charge in [-0.15, -0.1) is 0 Å². The Bertz CT molecular complexity index is 1270. The van der Waals surface area contributed by atoms with E-state index in [-0.39, 0.29) is 29.6 Å². The number of aromatic nitrogens is 1. The van der Waals surface area contributed by atoms with E-state index in [1.165, 1.54) is 24.3 Å². The fourth-order valence-electron chi connectivity index (χ4n) is 6.12. The number of hydrogen-bond acceptors (Lipinski definition) is 9. The molecule has 0 spiro atoms. The van der Waals surface area contributed by atoms with Gasteiger partial charge in [0.2, 0.25) is 18.0 Å². The standard InChI is InChI=1S/C26H29N3O7S/c1-33-26(32)36-15-35-24-19(30)9-10-28-23(24)25(31)27-11-12-34-13-21(27)29(28)22-17-6-3-2-5-16(17)14-37-20-8-4-7-18(20)22/h2-3,5-6,9-10,18,20-22H,4,7-8,11-15H2,1H3. The van der Waals surface area contributed by atoms with Gasteiger partial charge in [0.25, 0.3) is 5.91 Å². The van der Waals surface area contributed by atoms with Crippen LogP contribution in [-0.2, 0) is 20.0 Å². The molecule has 1 saturated carbocycles. The Morgan fingerprint density at radius 3 is 2.92 bits per heavy atom. The van der Waals surface area contributed by atoms with E-state index in [0.717, 1.165) is 25.0 Å². The monoisotopic (exact) mass is 527 g/mol. The summed E-state index contributed by atoms with van der Waals surface area (Å²) < 4.78 is 22.6. The largest absolute Gasteiger partial charge is 0.510 e. The number of rotatable bonds is 4. The molecule has 196 valence electrons. The van der Waals surface area contributed by atoms with Gasteiger partial charge in [0.15, 0.2) is 5.69 Å². The quantitative estimate of drug-likeness (QED) is 0.439. The molecule has 4 heterocycles. The molecule has 1 aliphatic carbocycles. The summed E-state index contributed by atoms with van der Waals surface area (Å²) in [4.78, 5) is 40.0. The van der Waals surface area contributed by atoms with Crippen molar-refractivity contribution in [3.63, 3.8) is 0 Å². The van der Waals surface area contributed by atoms with E-state index in [2.05, 4.69) is 34.0 Å². The zero-order valence-electron chi connectivity index (χ0n) is 20.5. The molecule has 1 aromatic heterocycles. The van der Waals surface area contributed by atoms with Crippen LogP contribution in [0.1, 0.15) is 46.9 Å². The molecule has 1 saturated heterocycles. The smallest absolute Gasteiger partial charge is 0.451 e. The van der Waals surface area contributed by atoms with Crippen molar-refractivity contribution >= 4 is 23.8 Å². The molecule has 4 atom stereocenters. The summed E-state index contributed by atoms with van der Waals surface area (Å²) in [5.74, 6) is 0.854. The van der Waals surface area contributed by atoms with Crippen molar-refractivity contribution in [1.29, 1.82) is 0 Å². The first-order valence-corrected chi connectivity index (χ1v) is 13.6. The molecule has 6 rings (SSSR count). The average molecular weight is 528 g/mol. The van der Waals surface area contributed by atoms with E-state index in [1.807, 2.05) is 11.8 Å². The molecule has 2 fully saturated rings. The van der Waals surface area contributed by atoms with Crippen molar-refractivity contribution in [2.75, 3.05) is 38.7 Å². The molecule has 4 unspecified atom stereocenters. The summed E-state index contributed by atoms with van der Waals surface area (Å²) in [6.07, 6.45) is 3.78. The number of amides is 1. The van der Waals surface area contributed by atoms with Crippen LogP contribution >= 0.6 is 11.8 Å².